The Morgan fingerprint density at radius 2 is 1.75 bits per heavy atom. The summed E-state index contributed by atoms with van der Waals surface area (Å²) in [5, 5.41) is 12.2. The highest BCUT2D eigenvalue weighted by Crippen LogP contribution is 2.23. The zero-order chi connectivity index (χ0) is 14.4. The quantitative estimate of drug-likeness (QED) is 0.875. The molecule has 0 aliphatic heterocycles. The lowest BCUT2D eigenvalue weighted by Gasteiger charge is -2.16. The Kier molecular flexibility index (Phi) is 4.91. The molecular formula is C17H19NO2. The third-order valence-corrected chi connectivity index (χ3v) is 3.37. The van der Waals surface area contributed by atoms with Gasteiger partial charge in [-0.1, -0.05) is 55.5 Å². The number of aliphatic hydroxyl groups is 1. The van der Waals surface area contributed by atoms with Crippen LogP contribution in [0.15, 0.2) is 54.6 Å². The van der Waals surface area contributed by atoms with Gasteiger partial charge in [-0.25, -0.2) is 0 Å². The van der Waals surface area contributed by atoms with Crippen LogP contribution >= 0.6 is 0 Å². The van der Waals surface area contributed by atoms with E-state index in [9.17, 15) is 9.90 Å². The Morgan fingerprint density at radius 1 is 1.10 bits per heavy atom. The van der Waals surface area contributed by atoms with E-state index in [2.05, 4.69) is 5.32 Å². The fourth-order valence-electron chi connectivity index (χ4n) is 2.26. The molecule has 2 aromatic rings. The van der Waals surface area contributed by atoms with Gasteiger partial charge in [-0.05, 0) is 18.1 Å². The van der Waals surface area contributed by atoms with Gasteiger partial charge in [0.25, 0.3) is 0 Å². The number of para-hydroxylation sites is 1. The Hall–Kier alpha value is -2.13. The van der Waals surface area contributed by atoms with E-state index in [0.717, 1.165) is 17.5 Å². The van der Waals surface area contributed by atoms with Crippen LogP contribution < -0.4 is 5.32 Å². The maximum atomic E-state index is 12.4. The lowest BCUT2D eigenvalue weighted by Crippen LogP contribution is -2.21. The van der Waals surface area contributed by atoms with E-state index in [1.54, 1.807) is 12.1 Å². The van der Waals surface area contributed by atoms with Crippen molar-refractivity contribution in [3.05, 3.63) is 65.7 Å². The van der Waals surface area contributed by atoms with E-state index in [4.69, 9.17) is 0 Å². The molecule has 0 radical (unpaired) electrons. The molecule has 0 saturated heterocycles. The van der Waals surface area contributed by atoms with Gasteiger partial charge in [-0.15, -0.1) is 0 Å². The second kappa shape index (κ2) is 6.87. The highest BCUT2D eigenvalue weighted by atomic mass is 16.3. The average molecular weight is 269 g/mol. The molecule has 0 aliphatic rings. The summed E-state index contributed by atoms with van der Waals surface area (Å²) >= 11 is 0. The number of carbonyl (C=O) groups is 1. The zero-order valence-corrected chi connectivity index (χ0v) is 11.5. The molecule has 1 unspecified atom stereocenters. The number of carbonyl (C=O) groups excluding carboxylic acids is 1. The van der Waals surface area contributed by atoms with Crippen molar-refractivity contribution in [1.82, 2.24) is 0 Å². The molecular weight excluding hydrogens is 250 g/mol. The number of anilines is 1. The number of rotatable bonds is 5. The number of hydrogen-bond acceptors (Lipinski definition) is 2. The van der Waals surface area contributed by atoms with Crippen LogP contribution in [0.5, 0.6) is 0 Å². The molecule has 3 nitrogen and oxygen atoms in total. The minimum atomic E-state index is -0.178. The molecule has 0 aliphatic carbocycles. The van der Waals surface area contributed by atoms with E-state index in [0.29, 0.717) is 5.69 Å². The van der Waals surface area contributed by atoms with E-state index >= 15 is 0 Å². The van der Waals surface area contributed by atoms with Crippen LogP contribution in [0.4, 0.5) is 5.69 Å². The monoisotopic (exact) mass is 269 g/mol. The van der Waals surface area contributed by atoms with E-state index < -0.39 is 0 Å². The molecule has 0 saturated carbocycles. The first-order valence-electron chi connectivity index (χ1n) is 6.80. The summed E-state index contributed by atoms with van der Waals surface area (Å²) in [5.74, 6) is -0.220. The third kappa shape index (κ3) is 3.25. The summed E-state index contributed by atoms with van der Waals surface area (Å²) in [6.07, 6.45) is 0.733. The Bertz CT molecular complexity index is 566. The Labute approximate surface area is 119 Å². The molecule has 3 heteroatoms. The molecule has 104 valence electrons. The minimum Gasteiger partial charge on any atom is -0.392 e. The number of hydrogen-bond donors (Lipinski definition) is 2. The van der Waals surface area contributed by atoms with E-state index in [1.807, 2.05) is 49.4 Å². The first-order chi connectivity index (χ1) is 9.76. The first kappa shape index (κ1) is 14.3. The van der Waals surface area contributed by atoms with Crippen molar-refractivity contribution in [2.45, 2.75) is 25.9 Å². The number of benzene rings is 2. The second-order valence-electron chi connectivity index (χ2n) is 4.68. The molecule has 1 amide bonds. The van der Waals surface area contributed by atoms with Crippen molar-refractivity contribution in [3.8, 4) is 0 Å². The minimum absolute atomic E-state index is 0.0420. The summed E-state index contributed by atoms with van der Waals surface area (Å²) in [6.45, 7) is 1.91. The molecule has 0 spiro atoms. The zero-order valence-electron chi connectivity index (χ0n) is 11.5. The first-order valence-corrected chi connectivity index (χ1v) is 6.80. The van der Waals surface area contributed by atoms with Crippen molar-refractivity contribution < 1.29 is 9.90 Å². The van der Waals surface area contributed by atoms with E-state index in [-0.39, 0.29) is 18.4 Å². The van der Waals surface area contributed by atoms with Gasteiger partial charge in [0, 0.05) is 11.3 Å². The van der Waals surface area contributed by atoms with Gasteiger partial charge in [0.15, 0.2) is 0 Å². The topological polar surface area (TPSA) is 49.3 Å². The molecule has 0 bridgehead atoms. The summed E-state index contributed by atoms with van der Waals surface area (Å²) in [7, 11) is 0. The average Bonchev–Trinajstić information content (AvgIpc) is 2.49. The predicted octanol–water partition coefficient (Wildman–Crippen LogP) is 3.31. The van der Waals surface area contributed by atoms with Gasteiger partial charge in [0.05, 0.1) is 12.5 Å². The predicted molar refractivity (Wildman–Crippen MR) is 80.5 cm³/mol. The van der Waals surface area contributed by atoms with Gasteiger partial charge in [-0.3, -0.25) is 4.79 Å². The second-order valence-corrected chi connectivity index (χ2v) is 4.68. The maximum absolute atomic E-state index is 12.4. The Morgan fingerprint density at radius 3 is 2.40 bits per heavy atom. The van der Waals surface area contributed by atoms with Gasteiger partial charge < -0.3 is 10.4 Å². The normalized spacial score (nSPS) is 11.9. The van der Waals surface area contributed by atoms with Crippen LogP contribution in [0.3, 0.4) is 0 Å². The molecule has 0 fully saturated rings. The molecule has 0 aromatic heterocycles. The lowest BCUT2D eigenvalue weighted by molar-refractivity contribution is -0.117. The summed E-state index contributed by atoms with van der Waals surface area (Å²) < 4.78 is 0. The van der Waals surface area contributed by atoms with Gasteiger partial charge in [-0.2, -0.15) is 0 Å². The van der Waals surface area contributed by atoms with Crippen molar-refractivity contribution in [1.29, 1.82) is 0 Å². The van der Waals surface area contributed by atoms with Crippen molar-refractivity contribution in [3.63, 3.8) is 0 Å². The highest BCUT2D eigenvalue weighted by Gasteiger charge is 2.19. The van der Waals surface area contributed by atoms with Gasteiger partial charge in [0.2, 0.25) is 5.91 Å². The Balaban J connectivity index is 2.18. The number of amides is 1. The van der Waals surface area contributed by atoms with Crippen LogP contribution in [0.1, 0.15) is 30.4 Å². The molecule has 2 rings (SSSR count). The highest BCUT2D eigenvalue weighted by molar-refractivity contribution is 5.96. The lowest BCUT2D eigenvalue weighted by atomic mass is 9.95. The molecule has 2 N–H and O–H groups in total. The van der Waals surface area contributed by atoms with Crippen LogP contribution in [0.25, 0.3) is 0 Å². The fraction of sp³-hybridized carbons (Fsp3) is 0.235. The smallest absolute Gasteiger partial charge is 0.231 e. The van der Waals surface area contributed by atoms with Crippen LogP contribution in [-0.4, -0.2) is 11.0 Å². The summed E-state index contributed by atoms with van der Waals surface area (Å²) in [4.78, 5) is 12.4. The van der Waals surface area contributed by atoms with E-state index in [1.165, 1.54) is 0 Å². The van der Waals surface area contributed by atoms with Crippen molar-refractivity contribution in [2.75, 3.05) is 5.32 Å². The van der Waals surface area contributed by atoms with Crippen LogP contribution in [0, 0.1) is 0 Å². The van der Waals surface area contributed by atoms with Crippen molar-refractivity contribution in [2.24, 2.45) is 0 Å². The van der Waals surface area contributed by atoms with Gasteiger partial charge >= 0.3 is 0 Å². The number of aliphatic hydroxyl groups excluding tert-OH is 1. The molecule has 0 heterocycles. The molecule has 2 aromatic carbocycles. The summed E-state index contributed by atoms with van der Waals surface area (Å²) in [6, 6.07) is 17.0. The summed E-state index contributed by atoms with van der Waals surface area (Å²) in [5.41, 5.74) is 2.41. The van der Waals surface area contributed by atoms with Crippen LogP contribution in [-0.2, 0) is 11.4 Å². The van der Waals surface area contributed by atoms with Crippen molar-refractivity contribution >= 4 is 11.6 Å². The molecule has 1 atom stereocenters. The standard InChI is InChI=1S/C17H19NO2/c1-2-15(13-8-4-3-5-9-13)17(20)18-16-11-7-6-10-14(16)12-19/h3-11,15,19H,2,12H2,1H3,(H,18,20). The number of nitrogens with one attached hydrogen (secondary N) is 1. The SMILES string of the molecule is CCC(C(=O)Nc1ccccc1CO)c1ccccc1. The third-order valence-electron chi connectivity index (χ3n) is 3.37. The van der Waals surface area contributed by atoms with Crippen LogP contribution in [0.2, 0.25) is 0 Å². The maximum Gasteiger partial charge on any atom is 0.231 e. The van der Waals surface area contributed by atoms with Gasteiger partial charge in [0.1, 0.15) is 0 Å². The largest absolute Gasteiger partial charge is 0.392 e. The fourth-order valence-corrected chi connectivity index (χ4v) is 2.26. The molecule has 20 heavy (non-hydrogen) atoms.